The molecule has 88 valence electrons. The third-order valence-electron chi connectivity index (χ3n) is 2.30. The molecule has 0 atom stereocenters. The highest BCUT2D eigenvalue weighted by Gasteiger charge is 2.32. The Balaban J connectivity index is 3.05. The Bertz CT molecular complexity index is 380. The van der Waals surface area contributed by atoms with Crippen molar-refractivity contribution in [1.29, 1.82) is 0 Å². The zero-order valence-corrected chi connectivity index (χ0v) is 9.23. The normalized spacial score (nSPS) is 12.3. The van der Waals surface area contributed by atoms with Gasteiger partial charge in [0.05, 0.1) is 5.56 Å². The second kappa shape index (κ2) is 5.16. The summed E-state index contributed by atoms with van der Waals surface area (Å²) in [6.45, 7) is 2.12. The quantitative estimate of drug-likeness (QED) is 0.839. The second-order valence-electron chi connectivity index (χ2n) is 3.48. The SMILES string of the molecule is CNCC=Cc1cccc(C(F)(F)F)c1C. The largest absolute Gasteiger partial charge is 0.416 e. The van der Waals surface area contributed by atoms with Crippen LogP contribution in [-0.4, -0.2) is 13.6 Å². The summed E-state index contributed by atoms with van der Waals surface area (Å²) in [6.07, 6.45) is -0.791. The van der Waals surface area contributed by atoms with Gasteiger partial charge in [0, 0.05) is 6.54 Å². The van der Waals surface area contributed by atoms with E-state index < -0.39 is 11.7 Å². The number of alkyl halides is 3. The molecular formula is C12H14F3N. The van der Waals surface area contributed by atoms with Crippen LogP contribution in [0.3, 0.4) is 0 Å². The lowest BCUT2D eigenvalue weighted by molar-refractivity contribution is -0.138. The van der Waals surface area contributed by atoms with Crippen molar-refractivity contribution in [2.45, 2.75) is 13.1 Å². The molecule has 0 radical (unpaired) electrons. The summed E-state index contributed by atoms with van der Waals surface area (Å²) in [6, 6.07) is 4.20. The van der Waals surface area contributed by atoms with Crippen LogP contribution in [0.5, 0.6) is 0 Å². The Morgan fingerprint density at radius 1 is 1.31 bits per heavy atom. The van der Waals surface area contributed by atoms with E-state index in [0.29, 0.717) is 12.1 Å². The number of halogens is 3. The third kappa shape index (κ3) is 3.10. The maximum absolute atomic E-state index is 12.6. The van der Waals surface area contributed by atoms with Gasteiger partial charge in [0.15, 0.2) is 0 Å². The zero-order valence-electron chi connectivity index (χ0n) is 9.23. The highest BCUT2D eigenvalue weighted by molar-refractivity contribution is 5.56. The van der Waals surface area contributed by atoms with Crippen molar-refractivity contribution in [3.05, 3.63) is 41.0 Å². The van der Waals surface area contributed by atoms with Crippen LogP contribution >= 0.6 is 0 Å². The molecule has 4 heteroatoms. The predicted octanol–water partition coefficient (Wildman–Crippen LogP) is 3.25. The number of rotatable bonds is 3. The van der Waals surface area contributed by atoms with Gasteiger partial charge in [-0.25, -0.2) is 0 Å². The highest BCUT2D eigenvalue weighted by atomic mass is 19.4. The predicted molar refractivity (Wildman–Crippen MR) is 59.1 cm³/mol. The fourth-order valence-corrected chi connectivity index (χ4v) is 1.44. The van der Waals surface area contributed by atoms with Crippen LogP contribution in [-0.2, 0) is 6.18 Å². The van der Waals surface area contributed by atoms with Gasteiger partial charge in [0.2, 0.25) is 0 Å². The van der Waals surface area contributed by atoms with Crippen molar-refractivity contribution in [1.82, 2.24) is 5.32 Å². The van der Waals surface area contributed by atoms with Gasteiger partial charge in [-0.2, -0.15) is 13.2 Å². The molecule has 0 saturated heterocycles. The molecular weight excluding hydrogens is 215 g/mol. The molecule has 0 aromatic heterocycles. The molecule has 1 nitrogen and oxygen atoms in total. The van der Waals surface area contributed by atoms with Crippen molar-refractivity contribution >= 4 is 6.08 Å². The number of nitrogens with one attached hydrogen (secondary N) is 1. The Morgan fingerprint density at radius 3 is 2.56 bits per heavy atom. The van der Waals surface area contributed by atoms with E-state index in [2.05, 4.69) is 5.32 Å². The van der Waals surface area contributed by atoms with Crippen molar-refractivity contribution in [3.63, 3.8) is 0 Å². The van der Waals surface area contributed by atoms with E-state index in [-0.39, 0.29) is 5.56 Å². The van der Waals surface area contributed by atoms with Crippen LogP contribution in [0.25, 0.3) is 6.08 Å². The van der Waals surface area contributed by atoms with Gasteiger partial charge < -0.3 is 5.32 Å². The maximum atomic E-state index is 12.6. The summed E-state index contributed by atoms with van der Waals surface area (Å²) in [7, 11) is 1.78. The fraction of sp³-hybridized carbons (Fsp3) is 0.333. The second-order valence-corrected chi connectivity index (χ2v) is 3.48. The molecule has 1 rings (SSSR count). The number of likely N-dealkylation sites (N-methyl/N-ethyl adjacent to an activating group) is 1. The minimum Gasteiger partial charge on any atom is -0.316 e. The molecule has 0 spiro atoms. The first-order chi connectivity index (χ1) is 7.46. The molecule has 0 aliphatic carbocycles. The smallest absolute Gasteiger partial charge is 0.316 e. The van der Waals surface area contributed by atoms with Crippen molar-refractivity contribution in [3.8, 4) is 0 Å². The van der Waals surface area contributed by atoms with Crippen LogP contribution in [0.2, 0.25) is 0 Å². The summed E-state index contributed by atoms with van der Waals surface area (Å²) in [4.78, 5) is 0. The summed E-state index contributed by atoms with van der Waals surface area (Å²) in [5, 5.41) is 2.89. The van der Waals surface area contributed by atoms with E-state index in [1.165, 1.54) is 13.0 Å². The first-order valence-corrected chi connectivity index (χ1v) is 4.94. The lowest BCUT2D eigenvalue weighted by Gasteiger charge is -2.11. The van der Waals surface area contributed by atoms with E-state index in [1.54, 1.807) is 25.3 Å². The molecule has 1 aromatic carbocycles. The third-order valence-corrected chi connectivity index (χ3v) is 2.30. The van der Waals surface area contributed by atoms with E-state index in [0.717, 1.165) is 6.07 Å². The van der Waals surface area contributed by atoms with Gasteiger partial charge in [-0.1, -0.05) is 24.3 Å². The molecule has 0 unspecified atom stereocenters. The topological polar surface area (TPSA) is 12.0 Å². The van der Waals surface area contributed by atoms with E-state index in [4.69, 9.17) is 0 Å². The standard InChI is InChI=1S/C12H14F3N/c1-9-10(6-4-8-16-2)5-3-7-11(9)12(13,14)15/h3-7,16H,8H2,1-2H3. The summed E-state index contributed by atoms with van der Waals surface area (Å²) in [5.41, 5.74) is 0.298. The Hall–Kier alpha value is -1.29. The van der Waals surface area contributed by atoms with Gasteiger partial charge in [-0.05, 0) is 31.2 Å². The zero-order chi connectivity index (χ0) is 12.2. The van der Waals surface area contributed by atoms with Gasteiger partial charge in [-0.15, -0.1) is 0 Å². The van der Waals surface area contributed by atoms with E-state index >= 15 is 0 Å². The number of hydrogen-bond acceptors (Lipinski definition) is 1. The van der Waals surface area contributed by atoms with Crippen LogP contribution in [0.4, 0.5) is 13.2 Å². The first-order valence-electron chi connectivity index (χ1n) is 4.94. The molecule has 0 aliphatic heterocycles. The Labute approximate surface area is 93.0 Å². The first kappa shape index (κ1) is 12.8. The van der Waals surface area contributed by atoms with Gasteiger partial charge >= 0.3 is 6.18 Å². The molecule has 0 amide bonds. The molecule has 0 bridgehead atoms. The lowest BCUT2D eigenvalue weighted by Crippen LogP contribution is -2.08. The fourth-order valence-electron chi connectivity index (χ4n) is 1.44. The van der Waals surface area contributed by atoms with E-state index in [9.17, 15) is 13.2 Å². The number of hydrogen-bond donors (Lipinski definition) is 1. The molecule has 0 aliphatic rings. The van der Waals surface area contributed by atoms with Gasteiger partial charge in [0.1, 0.15) is 0 Å². The summed E-state index contributed by atoms with van der Waals surface area (Å²) in [5.74, 6) is 0. The van der Waals surface area contributed by atoms with Crippen LogP contribution < -0.4 is 5.32 Å². The average Bonchev–Trinajstić information content (AvgIpc) is 2.19. The van der Waals surface area contributed by atoms with Crippen LogP contribution in [0, 0.1) is 6.92 Å². The monoisotopic (exact) mass is 229 g/mol. The highest BCUT2D eigenvalue weighted by Crippen LogP contribution is 2.33. The van der Waals surface area contributed by atoms with Crippen LogP contribution in [0.1, 0.15) is 16.7 Å². The van der Waals surface area contributed by atoms with Crippen molar-refractivity contribution in [2.75, 3.05) is 13.6 Å². The van der Waals surface area contributed by atoms with Gasteiger partial charge in [-0.3, -0.25) is 0 Å². The number of benzene rings is 1. The minimum absolute atomic E-state index is 0.266. The summed E-state index contributed by atoms with van der Waals surface area (Å²) < 4.78 is 37.7. The van der Waals surface area contributed by atoms with E-state index in [1.807, 2.05) is 0 Å². The van der Waals surface area contributed by atoms with Crippen molar-refractivity contribution in [2.24, 2.45) is 0 Å². The lowest BCUT2D eigenvalue weighted by atomic mass is 10.0. The Morgan fingerprint density at radius 2 is 2.00 bits per heavy atom. The minimum atomic E-state index is -4.28. The molecule has 0 saturated carbocycles. The Kier molecular flexibility index (Phi) is 4.12. The van der Waals surface area contributed by atoms with Crippen molar-refractivity contribution < 1.29 is 13.2 Å². The molecule has 16 heavy (non-hydrogen) atoms. The molecule has 0 heterocycles. The summed E-state index contributed by atoms with van der Waals surface area (Å²) >= 11 is 0. The molecule has 1 N–H and O–H groups in total. The maximum Gasteiger partial charge on any atom is 0.416 e. The van der Waals surface area contributed by atoms with Crippen LogP contribution in [0.15, 0.2) is 24.3 Å². The average molecular weight is 229 g/mol. The van der Waals surface area contributed by atoms with Gasteiger partial charge in [0.25, 0.3) is 0 Å². The molecule has 0 fully saturated rings. The molecule has 1 aromatic rings.